The number of benzene rings is 1. The second-order valence-electron chi connectivity index (χ2n) is 6.41. The highest BCUT2D eigenvalue weighted by Gasteiger charge is 2.08. The molecule has 0 aliphatic heterocycles. The summed E-state index contributed by atoms with van der Waals surface area (Å²) in [6.07, 6.45) is 6.88. The van der Waals surface area contributed by atoms with E-state index in [0.717, 1.165) is 29.7 Å². The Morgan fingerprint density at radius 2 is 1.82 bits per heavy atom. The molecule has 0 aliphatic carbocycles. The number of hydrogen-bond donors (Lipinski definition) is 1. The van der Waals surface area contributed by atoms with Crippen molar-refractivity contribution in [2.75, 3.05) is 18.0 Å². The molecule has 28 heavy (non-hydrogen) atoms. The number of pyridine rings is 1. The normalized spacial score (nSPS) is 11.2. The Bertz CT molecular complexity index is 1060. The third-order valence-electron chi connectivity index (χ3n) is 4.57. The number of anilines is 1. The molecule has 144 valence electrons. The largest absolute Gasteiger partial charge is 0.477 e. The minimum atomic E-state index is -0.897. The number of nitrogens with zero attached hydrogens (tertiary/aromatic N) is 2. The van der Waals surface area contributed by atoms with Crippen molar-refractivity contribution in [3.63, 3.8) is 0 Å². The van der Waals surface area contributed by atoms with Crippen LogP contribution in [0.2, 0.25) is 0 Å². The minimum Gasteiger partial charge on any atom is -0.477 e. The fourth-order valence-electron chi connectivity index (χ4n) is 3.05. The van der Waals surface area contributed by atoms with Gasteiger partial charge < -0.3 is 14.4 Å². The van der Waals surface area contributed by atoms with E-state index in [1.807, 2.05) is 24.3 Å². The number of fused-ring (bicyclic) bond motifs is 1. The van der Waals surface area contributed by atoms with E-state index >= 15 is 0 Å². The Hall–Kier alpha value is -3.41. The fraction of sp³-hybridized carbons (Fsp3) is 0.227. The van der Waals surface area contributed by atoms with Gasteiger partial charge >= 0.3 is 11.6 Å². The van der Waals surface area contributed by atoms with E-state index in [-0.39, 0.29) is 6.54 Å². The highest BCUT2D eigenvalue weighted by molar-refractivity contribution is 5.83. The van der Waals surface area contributed by atoms with Gasteiger partial charge in [0.05, 0.1) is 5.56 Å². The van der Waals surface area contributed by atoms with E-state index in [2.05, 4.69) is 18.7 Å². The van der Waals surface area contributed by atoms with Crippen LogP contribution in [0.3, 0.4) is 0 Å². The molecule has 0 saturated heterocycles. The molecule has 0 unspecified atom stereocenters. The summed E-state index contributed by atoms with van der Waals surface area (Å²) in [7, 11) is 0. The van der Waals surface area contributed by atoms with Crippen LogP contribution in [0, 0.1) is 0 Å². The van der Waals surface area contributed by atoms with Gasteiger partial charge in [-0.05, 0) is 43.7 Å². The van der Waals surface area contributed by atoms with Gasteiger partial charge in [-0.1, -0.05) is 6.08 Å². The van der Waals surface area contributed by atoms with Crippen LogP contribution < -0.4 is 15.1 Å². The molecule has 2 heterocycles. The maximum absolute atomic E-state index is 12.3. The van der Waals surface area contributed by atoms with Crippen LogP contribution in [0.5, 0.6) is 0 Å². The molecule has 0 bridgehead atoms. The summed E-state index contributed by atoms with van der Waals surface area (Å²) in [5, 5.41) is 9.66. The van der Waals surface area contributed by atoms with Gasteiger partial charge in [0.25, 0.3) is 0 Å². The summed E-state index contributed by atoms with van der Waals surface area (Å²) in [5.41, 5.74) is 2.53. The molecule has 6 heteroatoms. The predicted molar refractivity (Wildman–Crippen MR) is 109 cm³/mol. The van der Waals surface area contributed by atoms with E-state index in [9.17, 15) is 9.59 Å². The van der Waals surface area contributed by atoms with Gasteiger partial charge in [-0.15, -0.1) is 0 Å². The number of aliphatic carboxylic acids is 1. The van der Waals surface area contributed by atoms with Gasteiger partial charge in [0.1, 0.15) is 5.58 Å². The zero-order valence-corrected chi connectivity index (χ0v) is 16.0. The zero-order chi connectivity index (χ0) is 20.1. The van der Waals surface area contributed by atoms with E-state index < -0.39 is 11.6 Å². The first-order valence-corrected chi connectivity index (χ1v) is 9.22. The topological polar surface area (TPSA) is 74.6 Å². The van der Waals surface area contributed by atoms with Gasteiger partial charge in [0.15, 0.2) is 12.4 Å². The number of rotatable bonds is 7. The number of carboxylic acid groups (broad SMARTS) is 1. The van der Waals surface area contributed by atoms with Crippen LogP contribution >= 0.6 is 0 Å². The standard InChI is InChI=1S/C22H22N2O4/c1-3-24(4-2)19-8-7-17-13-18(22(27)28-20(17)14-19)6-5-16-9-11-23(12-10-16)15-21(25)26/h5-14H,3-4,15H2,1-2H3/p+1. The van der Waals surface area contributed by atoms with Crippen molar-refractivity contribution in [2.45, 2.75) is 20.4 Å². The first kappa shape index (κ1) is 19.4. The van der Waals surface area contributed by atoms with Crippen molar-refractivity contribution in [3.8, 4) is 0 Å². The van der Waals surface area contributed by atoms with Crippen molar-refractivity contribution in [3.05, 3.63) is 70.3 Å². The molecule has 0 amide bonds. The van der Waals surface area contributed by atoms with E-state index in [4.69, 9.17) is 9.52 Å². The fourth-order valence-corrected chi connectivity index (χ4v) is 3.05. The average molecular weight is 379 g/mol. The Morgan fingerprint density at radius 1 is 1.11 bits per heavy atom. The average Bonchev–Trinajstić information content (AvgIpc) is 2.68. The molecule has 0 saturated carbocycles. The number of carbonyl (C=O) groups is 1. The number of carboxylic acids is 1. The lowest BCUT2D eigenvalue weighted by Gasteiger charge is -2.20. The third kappa shape index (κ3) is 4.46. The Balaban J connectivity index is 1.86. The molecule has 3 rings (SSSR count). The van der Waals surface area contributed by atoms with Gasteiger partial charge in [-0.25, -0.2) is 9.59 Å². The maximum atomic E-state index is 12.3. The lowest BCUT2D eigenvalue weighted by molar-refractivity contribution is -0.685. The third-order valence-corrected chi connectivity index (χ3v) is 4.57. The molecule has 2 aromatic heterocycles. The molecular weight excluding hydrogens is 356 g/mol. The first-order chi connectivity index (χ1) is 13.5. The molecule has 6 nitrogen and oxygen atoms in total. The molecule has 3 aromatic rings. The summed E-state index contributed by atoms with van der Waals surface area (Å²) < 4.78 is 7.09. The Kier molecular flexibility index (Phi) is 5.89. The quantitative estimate of drug-likeness (QED) is 0.504. The number of aromatic nitrogens is 1. The summed E-state index contributed by atoms with van der Waals surface area (Å²) in [6, 6.07) is 11.3. The van der Waals surface area contributed by atoms with Crippen molar-refractivity contribution in [1.29, 1.82) is 0 Å². The Labute approximate surface area is 163 Å². The summed E-state index contributed by atoms with van der Waals surface area (Å²) in [6.45, 7) is 5.86. The summed E-state index contributed by atoms with van der Waals surface area (Å²) in [4.78, 5) is 25.3. The lowest BCUT2D eigenvalue weighted by atomic mass is 10.1. The molecular formula is C22H23N2O4+. The summed E-state index contributed by atoms with van der Waals surface area (Å²) in [5.74, 6) is -0.897. The van der Waals surface area contributed by atoms with Crippen LogP contribution in [-0.2, 0) is 11.3 Å². The van der Waals surface area contributed by atoms with Gasteiger partial charge in [0.2, 0.25) is 6.54 Å². The highest BCUT2D eigenvalue weighted by Crippen LogP contribution is 2.22. The van der Waals surface area contributed by atoms with Gasteiger partial charge in [0, 0.05) is 42.4 Å². The van der Waals surface area contributed by atoms with E-state index in [1.54, 1.807) is 41.2 Å². The Morgan fingerprint density at radius 3 is 2.46 bits per heavy atom. The van der Waals surface area contributed by atoms with Crippen molar-refractivity contribution in [2.24, 2.45) is 0 Å². The van der Waals surface area contributed by atoms with Crippen LogP contribution in [0.4, 0.5) is 5.69 Å². The minimum absolute atomic E-state index is 0.0895. The van der Waals surface area contributed by atoms with Gasteiger partial charge in [-0.2, -0.15) is 4.57 Å². The second kappa shape index (κ2) is 8.52. The molecule has 0 radical (unpaired) electrons. The predicted octanol–water partition coefficient (Wildman–Crippen LogP) is 3.18. The van der Waals surface area contributed by atoms with Crippen LogP contribution in [-0.4, -0.2) is 24.2 Å². The van der Waals surface area contributed by atoms with E-state index in [1.165, 1.54) is 0 Å². The van der Waals surface area contributed by atoms with Crippen LogP contribution in [0.15, 0.2) is 58.0 Å². The lowest BCUT2D eigenvalue weighted by Crippen LogP contribution is -2.36. The van der Waals surface area contributed by atoms with Crippen molar-refractivity contribution in [1.82, 2.24) is 0 Å². The molecule has 0 fully saturated rings. The SMILES string of the molecule is CCN(CC)c1ccc2cc(/C=C/c3cc[n+](CC(=O)O)cc3)c(=O)oc2c1. The molecule has 0 spiro atoms. The first-order valence-electron chi connectivity index (χ1n) is 9.22. The molecule has 1 N–H and O–H groups in total. The van der Waals surface area contributed by atoms with Gasteiger partial charge in [-0.3, -0.25) is 0 Å². The zero-order valence-electron chi connectivity index (χ0n) is 16.0. The van der Waals surface area contributed by atoms with Crippen molar-refractivity contribution >= 4 is 34.8 Å². The van der Waals surface area contributed by atoms with Crippen LogP contribution in [0.25, 0.3) is 23.1 Å². The molecule has 0 atom stereocenters. The van der Waals surface area contributed by atoms with E-state index in [0.29, 0.717) is 11.1 Å². The molecule has 0 aliphatic rings. The van der Waals surface area contributed by atoms with Crippen LogP contribution in [0.1, 0.15) is 25.0 Å². The monoisotopic (exact) mass is 379 g/mol. The smallest absolute Gasteiger partial charge is 0.370 e. The highest BCUT2D eigenvalue weighted by atomic mass is 16.4. The maximum Gasteiger partial charge on any atom is 0.370 e. The summed E-state index contributed by atoms with van der Waals surface area (Å²) >= 11 is 0. The van der Waals surface area contributed by atoms with Crippen molar-refractivity contribution < 1.29 is 18.9 Å². The molecule has 1 aromatic carbocycles. The second-order valence-corrected chi connectivity index (χ2v) is 6.41. The number of hydrogen-bond acceptors (Lipinski definition) is 4.